The molecule has 2 N–H and O–H groups in total. The zero-order chi connectivity index (χ0) is 15.9. The van der Waals surface area contributed by atoms with Crippen molar-refractivity contribution in [2.75, 3.05) is 6.54 Å². The van der Waals surface area contributed by atoms with E-state index in [0.29, 0.717) is 0 Å². The van der Waals surface area contributed by atoms with Gasteiger partial charge in [-0.2, -0.15) is 13.2 Å². The quantitative estimate of drug-likeness (QED) is 0.872. The van der Waals surface area contributed by atoms with Crippen LogP contribution in [-0.2, 0) is 11.0 Å². The SMILES string of the molecule is O=C(CN(C(=O)c1c[nH]c(C(F)(F)F)c1)C1CC1)NC1CC1. The lowest BCUT2D eigenvalue weighted by Gasteiger charge is -2.21. The molecule has 0 spiro atoms. The molecule has 0 saturated heterocycles. The van der Waals surface area contributed by atoms with Gasteiger partial charge in [-0.3, -0.25) is 9.59 Å². The van der Waals surface area contributed by atoms with Gasteiger partial charge < -0.3 is 15.2 Å². The molecule has 120 valence electrons. The molecule has 1 aromatic rings. The Kier molecular flexibility index (Phi) is 3.62. The van der Waals surface area contributed by atoms with Gasteiger partial charge in [0.25, 0.3) is 5.91 Å². The standard InChI is InChI=1S/C14H16F3N3O2/c15-14(16,17)11-5-8(6-18-11)13(22)20(10-3-4-10)7-12(21)19-9-1-2-9/h5-6,9-10,18H,1-4,7H2,(H,19,21). The molecule has 0 atom stereocenters. The minimum absolute atomic E-state index is 0.0540. The van der Waals surface area contributed by atoms with Crippen LogP contribution in [0.25, 0.3) is 0 Å². The smallest absolute Gasteiger partial charge is 0.357 e. The fraction of sp³-hybridized carbons (Fsp3) is 0.571. The minimum atomic E-state index is -4.52. The lowest BCUT2D eigenvalue weighted by molar-refractivity contribution is -0.140. The number of carbonyl (C=O) groups excluding carboxylic acids is 2. The number of aromatic nitrogens is 1. The molecule has 22 heavy (non-hydrogen) atoms. The Morgan fingerprint density at radius 3 is 2.45 bits per heavy atom. The van der Waals surface area contributed by atoms with E-state index >= 15 is 0 Å². The van der Waals surface area contributed by atoms with Crippen molar-refractivity contribution in [1.82, 2.24) is 15.2 Å². The molecular weight excluding hydrogens is 299 g/mol. The van der Waals surface area contributed by atoms with Gasteiger partial charge in [0.15, 0.2) is 0 Å². The molecule has 1 heterocycles. The highest BCUT2D eigenvalue weighted by Crippen LogP contribution is 2.31. The van der Waals surface area contributed by atoms with Crippen molar-refractivity contribution >= 4 is 11.8 Å². The maximum Gasteiger partial charge on any atom is 0.431 e. The maximum absolute atomic E-state index is 12.6. The molecule has 8 heteroatoms. The van der Waals surface area contributed by atoms with Crippen molar-refractivity contribution in [2.24, 2.45) is 0 Å². The number of rotatable bonds is 5. The fourth-order valence-electron chi connectivity index (χ4n) is 2.26. The van der Waals surface area contributed by atoms with E-state index in [-0.39, 0.29) is 30.1 Å². The molecule has 2 aliphatic carbocycles. The normalized spacial score (nSPS) is 18.1. The third-order valence-corrected chi connectivity index (χ3v) is 3.74. The average molecular weight is 315 g/mol. The number of alkyl halides is 3. The lowest BCUT2D eigenvalue weighted by atomic mass is 10.2. The molecule has 0 unspecified atom stereocenters. The van der Waals surface area contributed by atoms with Crippen molar-refractivity contribution in [3.05, 3.63) is 23.5 Å². The number of nitrogens with zero attached hydrogens (tertiary/aromatic N) is 1. The first-order chi connectivity index (χ1) is 10.3. The summed E-state index contributed by atoms with van der Waals surface area (Å²) in [6.45, 7) is -0.105. The first kappa shape index (κ1) is 14.9. The van der Waals surface area contributed by atoms with Crippen LogP contribution in [-0.4, -0.2) is 40.3 Å². The van der Waals surface area contributed by atoms with Crippen molar-refractivity contribution in [3.63, 3.8) is 0 Å². The van der Waals surface area contributed by atoms with Gasteiger partial charge in [0.1, 0.15) is 12.2 Å². The van der Waals surface area contributed by atoms with E-state index in [1.165, 1.54) is 4.90 Å². The second-order valence-electron chi connectivity index (χ2n) is 5.81. The van der Waals surface area contributed by atoms with Crippen LogP contribution in [0.15, 0.2) is 12.3 Å². The number of hydrogen-bond acceptors (Lipinski definition) is 2. The van der Waals surface area contributed by atoms with E-state index in [4.69, 9.17) is 0 Å². The van der Waals surface area contributed by atoms with Crippen molar-refractivity contribution in [2.45, 2.75) is 43.9 Å². The maximum atomic E-state index is 12.6. The molecule has 2 amide bonds. The molecule has 0 radical (unpaired) electrons. The van der Waals surface area contributed by atoms with Gasteiger partial charge in [0.2, 0.25) is 5.91 Å². The number of aromatic amines is 1. The van der Waals surface area contributed by atoms with Crippen molar-refractivity contribution in [3.8, 4) is 0 Å². The van der Waals surface area contributed by atoms with E-state index < -0.39 is 17.8 Å². The second-order valence-corrected chi connectivity index (χ2v) is 5.81. The van der Waals surface area contributed by atoms with E-state index in [1.807, 2.05) is 0 Å². The van der Waals surface area contributed by atoms with Crippen LogP contribution in [0.2, 0.25) is 0 Å². The zero-order valence-corrected chi connectivity index (χ0v) is 11.7. The van der Waals surface area contributed by atoms with Gasteiger partial charge in [0, 0.05) is 18.3 Å². The summed E-state index contributed by atoms with van der Waals surface area (Å²) in [5.41, 5.74) is -1.03. The van der Waals surface area contributed by atoms with Crippen LogP contribution in [0.3, 0.4) is 0 Å². The lowest BCUT2D eigenvalue weighted by Crippen LogP contribution is -2.42. The Balaban J connectivity index is 1.69. The Morgan fingerprint density at radius 1 is 1.27 bits per heavy atom. The summed E-state index contributed by atoms with van der Waals surface area (Å²) < 4.78 is 37.7. The monoisotopic (exact) mass is 315 g/mol. The number of carbonyl (C=O) groups is 2. The van der Waals surface area contributed by atoms with Crippen molar-refractivity contribution < 1.29 is 22.8 Å². The van der Waals surface area contributed by atoms with Gasteiger partial charge in [-0.25, -0.2) is 0 Å². The van der Waals surface area contributed by atoms with Crippen LogP contribution in [0.4, 0.5) is 13.2 Å². The largest absolute Gasteiger partial charge is 0.431 e. The molecule has 3 rings (SSSR count). The van der Waals surface area contributed by atoms with Gasteiger partial charge >= 0.3 is 6.18 Å². The van der Waals surface area contributed by atoms with Gasteiger partial charge in [-0.15, -0.1) is 0 Å². The summed E-state index contributed by atoms with van der Waals surface area (Å²) in [7, 11) is 0. The highest BCUT2D eigenvalue weighted by Gasteiger charge is 2.37. The van der Waals surface area contributed by atoms with Crippen LogP contribution in [0, 0.1) is 0 Å². The molecule has 0 bridgehead atoms. The summed E-state index contributed by atoms with van der Waals surface area (Å²) in [6, 6.07) is 0.922. The molecule has 2 fully saturated rings. The van der Waals surface area contributed by atoms with Crippen LogP contribution >= 0.6 is 0 Å². The number of hydrogen-bond donors (Lipinski definition) is 2. The molecule has 1 aromatic heterocycles. The first-order valence-electron chi connectivity index (χ1n) is 7.20. The first-order valence-corrected chi connectivity index (χ1v) is 7.20. The van der Waals surface area contributed by atoms with Gasteiger partial charge in [-0.1, -0.05) is 0 Å². The van der Waals surface area contributed by atoms with Gasteiger partial charge in [-0.05, 0) is 31.7 Å². The number of amides is 2. The highest BCUT2D eigenvalue weighted by molar-refractivity contribution is 5.97. The van der Waals surface area contributed by atoms with Crippen LogP contribution < -0.4 is 5.32 Å². The molecule has 5 nitrogen and oxygen atoms in total. The van der Waals surface area contributed by atoms with Gasteiger partial charge in [0.05, 0.1) is 5.56 Å². The van der Waals surface area contributed by atoms with E-state index in [9.17, 15) is 22.8 Å². The number of halogens is 3. The summed E-state index contributed by atoms with van der Waals surface area (Å²) in [6.07, 6.45) is -0.0463. The third kappa shape index (κ3) is 3.42. The Morgan fingerprint density at radius 2 is 1.95 bits per heavy atom. The molecule has 2 saturated carbocycles. The Labute approximate surface area is 124 Å². The Hall–Kier alpha value is -1.99. The van der Waals surface area contributed by atoms with E-state index in [1.54, 1.807) is 0 Å². The van der Waals surface area contributed by atoms with E-state index in [0.717, 1.165) is 37.9 Å². The molecule has 0 aromatic carbocycles. The molecule has 2 aliphatic rings. The molecule has 0 aliphatic heterocycles. The summed E-state index contributed by atoms with van der Waals surface area (Å²) in [5, 5.41) is 2.78. The Bertz CT molecular complexity index is 588. The predicted octanol–water partition coefficient (Wildman–Crippen LogP) is 1.92. The second kappa shape index (κ2) is 5.33. The minimum Gasteiger partial charge on any atom is -0.357 e. The summed E-state index contributed by atoms with van der Waals surface area (Å²) >= 11 is 0. The molecular formula is C14H16F3N3O2. The van der Waals surface area contributed by atoms with Crippen LogP contribution in [0.5, 0.6) is 0 Å². The predicted molar refractivity (Wildman–Crippen MR) is 71.0 cm³/mol. The third-order valence-electron chi connectivity index (χ3n) is 3.74. The summed E-state index contributed by atoms with van der Waals surface area (Å²) in [4.78, 5) is 27.6. The average Bonchev–Trinajstić information content (AvgIpc) is 3.35. The van der Waals surface area contributed by atoms with Crippen LogP contribution in [0.1, 0.15) is 41.7 Å². The van der Waals surface area contributed by atoms with E-state index in [2.05, 4.69) is 10.3 Å². The van der Waals surface area contributed by atoms with Crippen molar-refractivity contribution in [1.29, 1.82) is 0 Å². The fourth-order valence-corrected chi connectivity index (χ4v) is 2.26. The topological polar surface area (TPSA) is 65.2 Å². The summed E-state index contributed by atoms with van der Waals surface area (Å²) in [5.74, 6) is -0.797. The number of H-pyrrole nitrogens is 1. The zero-order valence-electron chi connectivity index (χ0n) is 11.7. The highest BCUT2D eigenvalue weighted by atomic mass is 19.4. The number of nitrogens with one attached hydrogen (secondary N) is 2.